The fraction of sp³-hybridized carbons (Fsp3) is 0.846. The zero-order chi connectivity index (χ0) is 19.4. The quantitative estimate of drug-likeness (QED) is 0.543. The smallest absolute Gasteiger partial charge is 0.0577 e. The normalized spacial score (nSPS) is 48.1. The van der Waals surface area contributed by atoms with Crippen LogP contribution in [0.15, 0.2) is 23.8 Å². The van der Waals surface area contributed by atoms with Gasteiger partial charge in [-0.3, -0.25) is 0 Å². The Morgan fingerprint density at radius 1 is 1.00 bits per heavy atom. The third-order valence-corrected chi connectivity index (χ3v) is 9.59. The van der Waals surface area contributed by atoms with Crippen LogP contribution < -0.4 is 0 Å². The van der Waals surface area contributed by atoms with Crippen LogP contribution in [0.25, 0.3) is 0 Å². The second-order valence-electron chi connectivity index (χ2n) is 11.4. The van der Waals surface area contributed by atoms with Crippen LogP contribution >= 0.6 is 0 Å². The Balaban J connectivity index is 1.57. The molecular formula is C26H42O. The van der Waals surface area contributed by atoms with Gasteiger partial charge in [0.15, 0.2) is 0 Å². The molecule has 8 atom stereocenters. The van der Waals surface area contributed by atoms with E-state index in [1.165, 1.54) is 38.5 Å². The van der Waals surface area contributed by atoms with Gasteiger partial charge in [0.25, 0.3) is 0 Å². The molecule has 0 heterocycles. The fourth-order valence-electron chi connectivity index (χ4n) is 8.08. The number of aliphatic hydroxyl groups excluding tert-OH is 1. The first-order chi connectivity index (χ1) is 12.8. The van der Waals surface area contributed by atoms with E-state index >= 15 is 0 Å². The van der Waals surface area contributed by atoms with Crippen LogP contribution in [0.4, 0.5) is 0 Å². The molecule has 4 aliphatic carbocycles. The Bertz CT molecular complexity index is 616. The largest absolute Gasteiger partial charge is 0.393 e. The summed E-state index contributed by atoms with van der Waals surface area (Å²) < 4.78 is 0. The molecule has 0 aromatic rings. The van der Waals surface area contributed by atoms with Crippen molar-refractivity contribution in [3.63, 3.8) is 0 Å². The Labute approximate surface area is 167 Å². The first kappa shape index (κ1) is 19.7. The van der Waals surface area contributed by atoms with Gasteiger partial charge in [0.2, 0.25) is 0 Å². The SMILES string of the molecule is CC(C)C=C[C@@H](C)[C@H]1CC[C@H]2[C@@H]3CC=C4C[C@H](O)CC[C@]4(C)[C@H]3CC[C@]12C. The summed E-state index contributed by atoms with van der Waals surface area (Å²) in [5, 5.41) is 10.2. The summed E-state index contributed by atoms with van der Waals surface area (Å²) in [6.07, 6.45) is 17.6. The van der Waals surface area contributed by atoms with Gasteiger partial charge < -0.3 is 5.11 Å². The van der Waals surface area contributed by atoms with Gasteiger partial charge in [0.1, 0.15) is 0 Å². The lowest BCUT2D eigenvalue weighted by molar-refractivity contribution is -0.0540. The van der Waals surface area contributed by atoms with E-state index in [4.69, 9.17) is 0 Å². The summed E-state index contributed by atoms with van der Waals surface area (Å²) in [7, 11) is 0. The van der Waals surface area contributed by atoms with Crippen molar-refractivity contribution in [3.8, 4) is 0 Å². The summed E-state index contributed by atoms with van der Waals surface area (Å²) in [6.45, 7) is 12.3. The van der Waals surface area contributed by atoms with Crippen LogP contribution in [0.3, 0.4) is 0 Å². The maximum absolute atomic E-state index is 10.2. The fourth-order valence-corrected chi connectivity index (χ4v) is 8.08. The van der Waals surface area contributed by atoms with Crippen LogP contribution in [0.2, 0.25) is 0 Å². The van der Waals surface area contributed by atoms with Gasteiger partial charge in [0.05, 0.1) is 6.10 Å². The Morgan fingerprint density at radius 2 is 1.78 bits per heavy atom. The summed E-state index contributed by atoms with van der Waals surface area (Å²) >= 11 is 0. The minimum absolute atomic E-state index is 0.0841. The molecule has 3 saturated carbocycles. The van der Waals surface area contributed by atoms with Crippen molar-refractivity contribution in [2.24, 2.45) is 46.3 Å². The third kappa shape index (κ3) is 3.17. The lowest BCUT2D eigenvalue weighted by Crippen LogP contribution is -2.50. The standard InChI is InChI=1S/C26H42O/c1-17(2)6-7-18(3)22-10-11-23-21-9-8-19-16-20(27)12-14-25(19,4)24(21)13-15-26(22,23)5/h6-8,17-18,20-24,27H,9-16H2,1-5H3/t18-,20-,21+,22-,23+,24+,25+,26-/m1/s1. The van der Waals surface area contributed by atoms with Crippen LogP contribution in [-0.4, -0.2) is 11.2 Å². The highest BCUT2D eigenvalue weighted by Gasteiger charge is 2.58. The van der Waals surface area contributed by atoms with Crippen molar-refractivity contribution in [1.29, 1.82) is 0 Å². The Hall–Kier alpha value is -0.560. The van der Waals surface area contributed by atoms with E-state index in [9.17, 15) is 5.11 Å². The zero-order valence-corrected chi connectivity index (χ0v) is 18.4. The van der Waals surface area contributed by atoms with E-state index < -0.39 is 0 Å². The minimum atomic E-state index is -0.0841. The van der Waals surface area contributed by atoms with Gasteiger partial charge >= 0.3 is 0 Å². The van der Waals surface area contributed by atoms with E-state index in [0.717, 1.165) is 36.5 Å². The van der Waals surface area contributed by atoms with E-state index in [1.807, 2.05) is 0 Å². The molecule has 0 radical (unpaired) electrons. The van der Waals surface area contributed by atoms with Crippen molar-refractivity contribution in [2.75, 3.05) is 0 Å². The number of hydrogen-bond donors (Lipinski definition) is 1. The average molecular weight is 371 g/mol. The highest BCUT2D eigenvalue weighted by atomic mass is 16.3. The second-order valence-corrected chi connectivity index (χ2v) is 11.4. The van der Waals surface area contributed by atoms with E-state index in [1.54, 1.807) is 5.57 Å². The predicted octanol–water partition coefficient (Wildman–Crippen LogP) is 6.77. The van der Waals surface area contributed by atoms with Crippen LogP contribution in [0.1, 0.15) is 86.0 Å². The van der Waals surface area contributed by atoms with Crippen molar-refractivity contribution in [2.45, 2.75) is 92.1 Å². The van der Waals surface area contributed by atoms with Gasteiger partial charge in [-0.2, -0.15) is 0 Å². The molecule has 0 unspecified atom stereocenters. The number of aliphatic hydroxyl groups is 1. The molecule has 152 valence electrons. The molecule has 4 aliphatic rings. The third-order valence-electron chi connectivity index (χ3n) is 9.59. The molecule has 1 N–H and O–H groups in total. The summed E-state index contributed by atoms with van der Waals surface area (Å²) in [4.78, 5) is 0. The molecule has 1 heteroatoms. The summed E-state index contributed by atoms with van der Waals surface area (Å²) in [5.41, 5.74) is 2.52. The van der Waals surface area contributed by atoms with Gasteiger partial charge in [0, 0.05) is 0 Å². The lowest BCUT2D eigenvalue weighted by Gasteiger charge is -2.58. The van der Waals surface area contributed by atoms with Crippen molar-refractivity contribution in [1.82, 2.24) is 0 Å². The van der Waals surface area contributed by atoms with Crippen molar-refractivity contribution >= 4 is 0 Å². The number of rotatable bonds is 3. The van der Waals surface area contributed by atoms with Crippen LogP contribution in [-0.2, 0) is 0 Å². The highest BCUT2D eigenvalue weighted by Crippen LogP contribution is 2.67. The summed E-state index contributed by atoms with van der Waals surface area (Å²) in [5.74, 6) is 4.91. The maximum atomic E-state index is 10.2. The molecule has 0 aromatic heterocycles. The van der Waals surface area contributed by atoms with Gasteiger partial charge in [-0.1, -0.05) is 58.4 Å². The molecule has 0 spiro atoms. The van der Waals surface area contributed by atoms with Gasteiger partial charge in [-0.05, 0) is 97.7 Å². The van der Waals surface area contributed by atoms with E-state index in [0.29, 0.717) is 22.7 Å². The molecule has 1 nitrogen and oxygen atoms in total. The van der Waals surface area contributed by atoms with Crippen LogP contribution in [0, 0.1) is 46.3 Å². The number of hydrogen-bond acceptors (Lipinski definition) is 1. The average Bonchev–Trinajstić information content (AvgIpc) is 2.97. The minimum Gasteiger partial charge on any atom is -0.393 e. The monoisotopic (exact) mass is 370 g/mol. The second kappa shape index (κ2) is 7.05. The molecule has 3 fully saturated rings. The number of allylic oxidation sites excluding steroid dienone is 3. The van der Waals surface area contributed by atoms with E-state index in [-0.39, 0.29) is 6.10 Å². The van der Waals surface area contributed by atoms with Crippen molar-refractivity contribution < 1.29 is 5.11 Å². The Morgan fingerprint density at radius 3 is 2.52 bits per heavy atom. The zero-order valence-electron chi connectivity index (χ0n) is 18.4. The molecule has 0 saturated heterocycles. The Kier molecular flexibility index (Phi) is 5.15. The van der Waals surface area contributed by atoms with Crippen molar-refractivity contribution in [3.05, 3.63) is 23.8 Å². The molecular weight excluding hydrogens is 328 g/mol. The molecule has 4 rings (SSSR count). The molecule has 0 bridgehead atoms. The summed E-state index contributed by atoms with van der Waals surface area (Å²) in [6, 6.07) is 0. The topological polar surface area (TPSA) is 20.2 Å². The van der Waals surface area contributed by atoms with Gasteiger partial charge in [-0.15, -0.1) is 0 Å². The highest BCUT2D eigenvalue weighted by molar-refractivity contribution is 5.25. The van der Waals surface area contributed by atoms with E-state index in [2.05, 4.69) is 52.8 Å². The molecule has 27 heavy (non-hydrogen) atoms. The predicted molar refractivity (Wildman–Crippen MR) is 114 cm³/mol. The first-order valence-electron chi connectivity index (χ1n) is 11.8. The molecule has 0 aliphatic heterocycles. The molecule has 0 aromatic carbocycles. The first-order valence-corrected chi connectivity index (χ1v) is 11.8. The molecule has 0 amide bonds. The lowest BCUT2D eigenvalue weighted by atomic mass is 9.47. The number of fused-ring (bicyclic) bond motifs is 5. The maximum Gasteiger partial charge on any atom is 0.0577 e. The van der Waals surface area contributed by atoms with Gasteiger partial charge in [-0.25, -0.2) is 0 Å². The van der Waals surface area contributed by atoms with Crippen LogP contribution in [0.5, 0.6) is 0 Å².